The van der Waals surface area contributed by atoms with Gasteiger partial charge < -0.3 is 10.2 Å². The SMILES string of the molecule is O=C(O)C(O)(c1ccc(Cl)cc1)c1ccc(Br)cc1. The van der Waals surface area contributed by atoms with Crippen molar-refractivity contribution < 1.29 is 15.0 Å². The van der Waals surface area contributed by atoms with Crippen molar-refractivity contribution in [2.45, 2.75) is 5.60 Å². The molecule has 5 heteroatoms. The summed E-state index contributed by atoms with van der Waals surface area (Å²) in [5.74, 6) is -1.34. The molecule has 98 valence electrons. The summed E-state index contributed by atoms with van der Waals surface area (Å²) in [4.78, 5) is 11.5. The van der Waals surface area contributed by atoms with Crippen LogP contribution in [0.2, 0.25) is 5.02 Å². The topological polar surface area (TPSA) is 57.5 Å². The van der Waals surface area contributed by atoms with Gasteiger partial charge >= 0.3 is 5.97 Å². The van der Waals surface area contributed by atoms with Crippen LogP contribution in [0.1, 0.15) is 11.1 Å². The summed E-state index contributed by atoms with van der Waals surface area (Å²) < 4.78 is 0.806. The molecule has 0 saturated carbocycles. The van der Waals surface area contributed by atoms with Crippen LogP contribution < -0.4 is 0 Å². The Morgan fingerprint density at radius 2 is 1.42 bits per heavy atom. The molecular formula is C14H10BrClO3. The summed E-state index contributed by atoms with van der Waals surface area (Å²) in [5, 5.41) is 20.4. The molecule has 1 atom stereocenters. The molecule has 2 rings (SSSR count). The minimum atomic E-state index is -2.09. The van der Waals surface area contributed by atoms with Gasteiger partial charge in [0.1, 0.15) is 0 Å². The fourth-order valence-corrected chi connectivity index (χ4v) is 2.19. The van der Waals surface area contributed by atoms with E-state index >= 15 is 0 Å². The third-order valence-electron chi connectivity index (χ3n) is 2.83. The minimum Gasteiger partial charge on any atom is -0.479 e. The average Bonchev–Trinajstić information content (AvgIpc) is 2.39. The number of carboxylic acids is 1. The van der Waals surface area contributed by atoms with Crippen molar-refractivity contribution in [1.82, 2.24) is 0 Å². The molecule has 0 spiro atoms. The second-order valence-corrected chi connectivity index (χ2v) is 5.38. The first-order chi connectivity index (χ1) is 8.94. The molecule has 0 heterocycles. The van der Waals surface area contributed by atoms with Gasteiger partial charge in [0, 0.05) is 9.50 Å². The maximum absolute atomic E-state index is 11.5. The first kappa shape index (κ1) is 14.1. The highest BCUT2D eigenvalue weighted by molar-refractivity contribution is 9.10. The molecule has 0 bridgehead atoms. The van der Waals surface area contributed by atoms with Gasteiger partial charge in [-0.25, -0.2) is 4.79 Å². The van der Waals surface area contributed by atoms with Crippen molar-refractivity contribution in [2.24, 2.45) is 0 Å². The summed E-state index contributed by atoms with van der Waals surface area (Å²) >= 11 is 9.04. The molecular weight excluding hydrogens is 332 g/mol. The first-order valence-corrected chi connectivity index (χ1v) is 6.59. The predicted octanol–water partition coefficient (Wildman–Crippen LogP) is 3.42. The Kier molecular flexibility index (Phi) is 3.94. The summed E-state index contributed by atoms with van der Waals surface area (Å²) in [6, 6.07) is 12.6. The van der Waals surface area contributed by atoms with Crippen molar-refractivity contribution in [3.8, 4) is 0 Å². The van der Waals surface area contributed by atoms with Crippen molar-refractivity contribution in [1.29, 1.82) is 0 Å². The number of aliphatic hydroxyl groups is 1. The van der Waals surface area contributed by atoms with Crippen LogP contribution in [0.5, 0.6) is 0 Å². The summed E-state index contributed by atoms with van der Waals surface area (Å²) in [5.41, 5.74) is -1.55. The van der Waals surface area contributed by atoms with Crippen molar-refractivity contribution in [2.75, 3.05) is 0 Å². The Bertz CT molecular complexity index is 548. The smallest absolute Gasteiger partial charge is 0.345 e. The monoisotopic (exact) mass is 340 g/mol. The van der Waals surface area contributed by atoms with E-state index in [4.69, 9.17) is 11.6 Å². The Labute approximate surface area is 123 Å². The Hall–Kier alpha value is -1.36. The molecule has 0 aromatic heterocycles. The standard InChI is InChI=1S/C14H10BrClO3/c15-11-5-1-9(2-6-11)14(19,13(17)18)10-3-7-12(16)8-4-10/h1-8,19H,(H,17,18). The van der Waals surface area contributed by atoms with Crippen LogP contribution in [0.15, 0.2) is 53.0 Å². The van der Waals surface area contributed by atoms with Crippen LogP contribution in [0.25, 0.3) is 0 Å². The van der Waals surface area contributed by atoms with Crippen LogP contribution in [-0.2, 0) is 10.4 Å². The molecule has 1 unspecified atom stereocenters. The second-order valence-electron chi connectivity index (χ2n) is 4.03. The van der Waals surface area contributed by atoms with Crippen LogP contribution in [0, 0.1) is 0 Å². The van der Waals surface area contributed by atoms with Gasteiger partial charge in [-0.3, -0.25) is 0 Å². The average molecular weight is 342 g/mol. The zero-order chi connectivity index (χ0) is 14.0. The number of carbonyl (C=O) groups is 1. The Morgan fingerprint density at radius 1 is 1.00 bits per heavy atom. The molecule has 0 radical (unpaired) electrons. The Morgan fingerprint density at radius 3 is 1.84 bits per heavy atom. The quantitative estimate of drug-likeness (QED) is 0.899. The van der Waals surface area contributed by atoms with Crippen molar-refractivity contribution in [3.05, 3.63) is 69.2 Å². The van der Waals surface area contributed by atoms with Gasteiger partial charge in [-0.05, 0) is 35.4 Å². The number of aliphatic carboxylic acids is 1. The number of hydrogen-bond acceptors (Lipinski definition) is 2. The van der Waals surface area contributed by atoms with Gasteiger partial charge in [-0.15, -0.1) is 0 Å². The van der Waals surface area contributed by atoms with Crippen LogP contribution >= 0.6 is 27.5 Å². The highest BCUT2D eigenvalue weighted by atomic mass is 79.9. The summed E-state index contributed by atoms with van der Waals surface area (Å²) in [6.45, 7) is 0. The molecule has 0 aliphatic carbocycles. The molecule has 19 heavy (non-hydrogen) atoms. The third-order valence-corrected chi connectivity index (χ3v) is 3.61. The van der Waals surface area contributed by atoms with Crippen molar-refractivity contribution >= 4 is 33.5 Å². The van der Waals surface area contributed by atoms with E-state index in [-0.39, 0.29) is 11.1 Å². The van der Waals surface area contributed by atoms with Crippen molar-refractivity contribution in [3.63, 3.8) is 0 Å². The number of hydrogen-bond donors (Lipinski definition) is 2. The summed E-state index contributed by atoms with van der Waals surface area (Å²) in [7, 11) is 0. The maximum Gasteiger partial charge on any atom is 0.345 e. The zero-order valence-electron chi connectivity index (χ0n) is 9.68. The van der Waals surface area contributed by atoms with Crippen LogP contribution in [0.3, 0.4) is 0 Å². The Balaban J connectivity index is 2.57. The van der Waals surface area contributed by atoms with Crippen LogP contribution in [-0.4, -0.2) is 16.2 Å². The molecule has 0 aliphatic rings. The van der Waals surface area contributed by atoms with E-state index in [1.165, 1.54) is 12.1 Å². The molecule has 2 aromatic carbocycles. The zero-order valence-corrected chi connectivity index (χ0v) is 12.0. The number of carboxylic acid groups (broad SMARTS) is 1. The minimum absolute atomic E-state index is 0.256. The lowest BCUT2D eigenvalue weighted by molar-refractivity contribution is -0.155. The largest absolute Gasteiger partial charge is 0.479 e. The lowest BCUT2D eigenvalue weighted by Crippen LogP contribution is -2.36. The maximum atomic E-state index is 11.5. The normalized spacial score (nSPS) is 13.8. The van der Waals surface area contributed by atoms with E-state index in [9.17, 15) is 15.0 Å². The van der Waals surface area contributed by atoms with Gasteiger partial charge in [-0.2, -0.15) is 0 Å². The molecule has 2 N–H and O–H groups in total. The van der Waals surface area contributed by atoms with E-state index in [1.807, 2.05) is 0 Å². The number of halogens is 2. The summed E-state index contributed by atoms with van der Waals surface area (Å²) in [6.07, 6.45) is 0. The van der Waals surface area contributed by atoms with Gasteiger partial charge in [0.05, 0.1) is 0 Å². The van der Waals surface area contributed by atoms with Gasteiger partial charge in [0.25, 0.3) is 0 Å². The lowest BCUT2D eigenvalue weighted by atomic mass is 9.86. The number of rotatable bonds is 3. The third kappa shape index (κ3) is 2.66. The molecule has 2 aromatic rings. The van der Waals surface area contributed by atoms with Gasteiger partial charge in [0.15, 0.2) is 0 Å². The molecule has 3 nitrogen and oxygen atoms in total. The van der Waals surface area contributed by atoms with Crippen LogP contribution in [0.4, 0.5) is 0 Å². The molecule has 0 amide bonds. The van der Waals surface area contributed by atoms with E-state index in [2.05, 4.69) is 15.9 Å². The molecule has 0 fully saturated rings. The van der Waals surface area contributed by atoms with E-state index < -0.39 is 11.6 Å². The highest BCUT2D eigenvalue weighted by Gasteiger charge is 2.40. The van der Waals surface area contributed by atoms with E-state index in [0.717, 1.165) is 4.47 Å². The fraction of sp³-hybridized carbons (Fsp3) is 0.0714. The lowest BCUT2D eigenvalue weighted by Gasteiger charge is -2.24. The predicted molar refractivity (Wildman–Crippen MR) is 76.2 cm³/mol. The van der Waals surface area contributed by atoms with Gasteiger partial charge in [-0.1, -0.05) is 51.8 Å². The second kappa shape index (κ2) is 5.33. The molecule has 0 aliphatic heterocycles. The fourth-order valence-electron chi connectivity index (χ4n) is 1.80. The molecule has 0 saturated heterocycles. The van der Waals surface area contributed by atoms with Gasteiger partial charge in [0.2, 0.25) is 5.60 Å². The number of benzene rings is 2. The highest BCUT2D eigenvalue weighted by Crippen LogP contribution is 2.31. The van der Waals surface area contributed by atoms with E-state index in [0.29, 0.717) is 5.02 Å². The van der Waals surface area contributed by atoms with E-state index in [1.54, 1.807) is 36.4 Å². The first-order valence-electron chi connectivity index (χ1n) is 5.42.